The molecular formula is C26H32N4O2. The van der Waals surface area contributed by atoms with Gasteiger partial charge in [0, 0.05) is 30.9 Å². The van der Waals surface area contributed by atoms with Crippen LogP contribution in [-0.2, 0) is 6.61 Å². The summed E-state index contributed by atoms with van der Waals surface area (Å²) in [5, 5.41) is 5.34. The topological polar surface area (TPSA) is 57.7 Å². The zero-order valence-corrected chi connectivity index (χ0v) is 19.1. The molecule has 1 saturated heterocycles. The number of hydrogen-bond acceptors (Lipinski definition) is 4. The van der Waals surface area contributed by atoms with Crippen molar-refractivity contribution in [3.05, 3.63) is 72.1 Å². The molecule has 32 heavy (non-hydrogen) atoms. The summed E-state index contributed by atoms with van der Waals surface area (Å²) < 4.78 is 6.12. The molecule has 3 aromatic rings. The Morgan fingerprint density at radius 1 is 1.12 bits per heavy atom. The normalized spacial score (nSPS) is 16.0. The molecule has 6 nitrogen and oxygen atoms in total. The number of nitrogens with one attached hydrogen (secondary N) is 1. The van der Waals surface area contributed by atoms with Crippen molar-refractivity contribution in [2.75, 3.05) is 27.2 Å². The number of urea groups is 1. The predicted molar refractivity (Wildman–Crippen MR) is 128 cm³/mol. The van der Waals surface area contributed by atoms with Gasteiger partial charge in [0.2, 0.25) is 0 Å². The number of ether oxygens (including phenoxy) is 1. The molecule has 1 unspecified atom stereocenters. The van der Waals surface area contributed by atoms with E-state index in [4.69, 9.17) is 4.74 Å². The van der Waals surface area contributed by atoms with Crippen molar-refractivity contribution < 1.29 is 9.53 Å². The van der Waals surface area contributed by atoms with Crippen molar-refractivity contribution in [2.24, 2.45) is 0 Å². The Kier molecular flexibility index (Phi) is 6.90. The summed E-state index contributed by atoms with van der Waals surface area (Å²) in [6, 6.07) is 16.3. The Labute approximate surface area is 190 Å². The monoisotopic (exact) mass is 432 g/mol. The van der Waals surface area contributed by atoms with Crippen LogP contribution in [0.5, 0.6) is 5.75 Å². The molecule has 1 aromatic heterocycles. The van der Waals surface area contributed by atoms with Gasteiger partial charge in [0.1, 0.15) is 12.4 Å². The molecule has 1 aliphatic heterocycles. The van der Waals surface area contributed by atoms with Gasteiger partial charge in [0.05, 0.1) is 6.04 Å². The molecule has 1 aliphatic rings. The number of nitrogens with zero attached hydrogens (tertiary/aromatic N) is 3. The van der Waals surface area contributed by atoms with Crippen LogP contribution in [0.15, 0.2) is 60.9 Å². The molecule has 0 radical (unpaired) electrons. The maximum Gasteiger partial charge on any atom is 0.317 e. The third-order valence-corrected chi connectivity index (χ3v) is 6.42. The summed E-state index contributed by atoms with van der Waals surface area (Å²) >= 11 is 0. The molecule has 0 bridgehead atoms. The largest absolute Gasteiger partial charge is 0.488 e. The molecule has 2 amide bonds. The van der Waals surface area contributed by atoms with Gasteiger partial charge in [-0.05, 0) is 74.6 Å². The molecule has 0 spiro atoms. The van der Waals surface area contributed by atoms with E-state index in [1.54, 1.807) is 12.4 Å². The first-order valence-corrected chi connectivity index (χ1v) is 11.3. The first-order valence-electron chi connectivity index (χ1n) is 11.3. The van der Waals surface area contributed by atoms with Crippen LogP contribution in [0.2, 0.25) is 0 Å². The summed E-state index contributed by atoms with van der Waals surface area (Å²) in [7, 11) is 4.04. The number of piperidine rings is 1. The lowest BCUT2D eigenvalue weighted by Gasteiger charge is -2.35. The molecule has 6 heteroatoms. The zero-order valence-electron chi connectivity index (χ0n) is 19.1. The Morgan fingerprint density at radius 2 is 1.81 bits per heavy atom. The highest BCUT2D eigenvalue weighted by molar-refractivity contribution is 5.91. The third kappa shape index (κ3) is 5.02. The number of rotatable bonds is 6. The maximum atomic E-state index is 12.9. The summed E-state index contributed by atoms with van der Waals surface area (Å²) in [6.45, 7) is 4.59. The van der Waals surface area contributed by atoms with E-state index < -0.39 is 0 Å². The fourth-order valence-electron chi connectivity index (χ4n) is 4.35. The molecule has 1 fully saturated rings. The van der Waals surface area contributed by atoms with Gasteiger partial charge in [-0.1, -0.05) is 30.3 Å². The number of amides is 2. The molecule has 4 rings (SSSR count). The minimum absolute atomic E-state index is 0.0193. The Balaban J connectivity index is 1.48. The molecule has 2 aromatic carbocycles. The number of carbonyl (C=O) groups excluding carboxylic acids is 1. The molecular weight excluding hydrogens is 400 g/mol. The number of fused-ring (bicyclic) bond motifs is 1. The quantitative estimate of drug-likeness (QED) is 0.618. The van der Waals surface area contributed by atoms with E-state index in [0.717, 1.165) is 53.6 Å². The van der Waals surface area contributed by atoms with Crippen LogP contribution >= 0.6 is 0 Å². The Hall–Kier alpha value is -3.12. The molecule has 168 valence electrons. The lowest BCUT2D eigenvalue weighted by molar-refractivity contribution is 0.146. The highest BCUT2D eigenvalue weighted by Crippen LogP contribution is 2.32. The molecule has 2 heterocycles. The predicted octanol–water partition coefficient (Wildman–Crippen LogP) is 4.61. The highest BCUT2D eigenvalue weighted by atomic mass is 16.5. The van der Waals surface area contributed by atoms with Crippen molar-refractivity contribution in [2.45, 2.75) is 38.5 Å². The maximum absolute atomic E-state index is 12.9. The first-order chi connectivity index (χ1) is 15.5. The lowest BCUT2D eigenvalue weighted by Crippen LogP contribution is -2.48. The van der Waals surface area contributed by atoms with Gasteiger partial charge >= 0.3 is 6.03 Å². The number of benzene rings is 2. The second-order valence-corrected chi connectivity index (χ2v) is 8.66. The third-order valence-electron chi connectivity index (χ3n) is 6.42. The van der Waals surface area contributed by atoms with Crippen molar-refractivity contribution in [3.8, 4) is 5.75 Å². The molecule has 0 aliphatic carbocycles. The lowest BCUT2D eigenvalue weighted by atomic mass is 9.99. The van der Waals surface area contributed by atoms with Crippen molar-refractivity contribution >= 4 is 16.8 Å². The number of likely N-dealkylation sites (tertiary alicyclic amines) is 1. The molecule has 1 N–H and O–H groups in total. The minimum atomic E-state index is -0.115. The van der Waals surface area contributed by atoms with Crippen LogP contribution in [0.1, 0.15) is 36.9 Å². The van der Waals surface area contributed by atoms with Gasteiger partial charge in [0.25, 0.3) is 0 Å². The van der Waals surface area contributed by atoms with Crippen LogP contribution in [0, 0.1) is 0 Å². The van der Waals surface area contributed by atoms with E-state index in [9.17, 15) is 4.79 Å². The number of hydrogen-bond donors (Lipinski definition) is 1. The van der Waals surface area contributed by atoms with Crippen molar-refractivity contribution in [1.29, 1.82) is 0 Å². The summed E-state index contributed by atoms with van der Waals surface area (Å²) in [5.41, 5.74) is 2.16. The molecule has 0 saturated carbocycles. The van der Waals surface area contributed by atoms with E-state index >= 15 is 0 Å². The number of aromatic nitrogens is 1. The average Bonchev–Trinajstić information content (AvgIpc) is 2.83. The summed E-state index contributed by atoms with van der Waals surface area (Å²) in [4.78, 5) is 21.2. The first kappa shape index (κ1) is 22.1. The zero-order chi connectivity index (χ0) is 22.5. The van der Waals surface area contributed by atoms with Gasteiger partial charge in [-0.25, -0.2) is 4.79 Å². The van der Waals surface area contributed by atoms with Crippen molar-refractivity contribution in [1.82, 2.24) is 20.1 Å². The van der Waals surface area contributed by atoms with Crippen molar-refractivity contribution in [3.63, 3.8) is 0 Å². The minimum Gasteiger partial charge on any atom is -0.488 e. The second kappa shape index (κ2) is 10.0. The average molecular weight is 433 g/mol. The van der Waals surface area contributed by atoms with Gasteiger partial charge in [-0.15, -0.1) is 0 Å². The van der Waals surface area contributed by atoms with Crippen LogP contribution in [0.4, 0.5) is 4.79 Å². The summed E-state index contributed by atoms with van der Waals surface area (Å²) in [5.74, 6) is 0.836. The second-order valence-electron chi connectivity index (χ2n) is 8.66. The van der Waals surface area contributed by atoms with E-state index in [1.807, 2.05) is 49.2 Å². The van der Waals surface area contributed by atoms with Crippen LogP contribution in [0.3, 0.4) is 0 Å². The number of carbonyl (C=O) groups is 1. The summed E-state index contributed by atoms with van der Waals surface area (Å²) in [6.07, 6.45) is 5.57. The van der Waals surface area contributed by atoms with Crippen LogP contribution < -0.4 is 10.1 Å². The highest BCUT2D eigenvalue weighted by Gasteiger charge is 2.25. The van der Waals surface area contributed by atoms with E-state index in [1.165, 1.54) is 0 Å². The van der Waals surface area contributed by atoms with E-state index in [2.05, 4.69) is 40.4 Å². The molecule has 1 atom stereocenters. The van der Waals surface area contributed by atoms with Gasteiger partial charge in [-0.3, -0.25) is 4.98 Å². The van der Waals surface area contributed by atoms with E-state index in [0.29, 0.717) is 12.6 Å². The SMILES string of the molecule is CC(NC(=O)N(C)C1CCN(C)CC1)c1ccc(OCc2ccncc2)c2ccccc12. The Morgan fingerprint density at radius 3 is 2.53 bits per heavy atom. The van der Waals surface area contributed by atoms with Gasteiger partial charge in [-0.2, -0.15) is 0 Å². The van der Waals surface area contributed by atoms with Crippen LogP contribution in [-0.4, -0.2) is 54.0 Å². The number of pyridine rings is 1. The Bertz CT molecular complexity index is 1050. The van der Waals surface area contributed by atoms with Gasteiger partial charge < -0.3 is 19.9 Å². The fourth-order valence-corrected chi connectivity index (χ4v) is 4.35. The van der Waals surface area contributed by atoms with Gasteiger partial charge in [0.15, 0.2) is 0 Å². The fraction of sp³-hybridized carbons (Fsp3) is 0.385. The smallest absolute Gasteiger partial charge is 0.317 e. The van der Waals surface area contributed by atoms with Crippen LogP contribution in [0.25, 0.3) is 10.8 Å². The van der Waals surface area contributed by atoms with E-state index in [-0.39, 0.29) is 12.1 Å². The standard InChI is InChI=1S/C26H32N4O2/c1-19(28-26(31)30(3)21-12-16-29(2)17-13-21)22-8-9-25(24-7-5-4-6-23(22)24)32-18-20-10-14-27-15-11-20/h4-11,14-15,19,21H,12-13,16-18H2,1-3H3,(H,28,31).